The molecular formula is C20H40N2O. The summed E-state index contributed by atoms with van der Waals surface area (Å²) in [7, 11) is 0. The average Bonchev–Trinajstić information content (AvgIpc) is 2.39. The maximum atomic E-state index is 6.13. The Hall–Kier alpha value is -0.120. The van der Waals surface area contributed by atoms with Crippen LogP contribution >= 0.6 is 0 Å². The predicted octanol–water partition coefficient (Wildman–Crippen LogP) is 4.16. The third-order valence-corrected chi connectivity index (χ3v) is 5.57. The standard InChI is InChI=1S/C20H40N2O/c1-15(2)21-10-8-17(9-11-21)14-22(16(3)4)18-12-19(13-18)23-20(5,6)7/h15-19H,8-14H2,1-7H3. The molecule has 1 aliphatic heterocycles. The Morgan fingerprint density at radius 2 is 1.61 bits per heavy atom. The Balaban J connectivity index is 1.78. The molecule has 2 fully saturated rings. The summed E-state index contributed by atoms with van der Waals surface area (Å²) >= 11 is 0. The van der Waals surface area contributed by atoms with Crippen LogP contribution in [0.3, 0.4) is 0 Å². The quantitative estimate of drug-likeness (QED) is 0.729. The average molecular weight is 325 g/mol. The van der Waals surface area contributed by atoms with Crippen molar-refractivity contribution in [1.29, 1.82) is 0 Å². The van der Waals surface area contributed by atoms with Gasteiger partial charge < -0.3 is 9.64 Å². The number of nitrogens with zero attached hydrogens (tertiary/aromatic N) is 2. The Bertz CT molecular complexity index is 347. The summed E-state index contributed by atoms with van der Waals surface area (Å²) < 4.78 is 6.13. The van der Waals surface area contributed by atoms with Crippen LogP contribution in [0.15, 0.2) is 0 Å². The molecule has 136 valence electrons. The Morgan fingerprint density at radius 1 is 1.04 bits per heavy atom. The molecule has 0 unspecified atom stereocenters. The lowest BCUT2D eigenvalue weighted by atomic mass is 9.85. The molecule has 1 aliphatic carbocycles. The van der Waals surface area contributed by atoms with Gasteiger partial charge in [-0.1, -0.05) is 0 Å². The zero-order valence-electron chi connectivity index (χ0n) is 16.6. The molecule has 0 spiro atoms. The largest absolute Gasteiger partial charge is 0.373 e. The predicted molar refractivity (Wildman–Crippen MR) is 98.9 cm³/mol. The molecule has 2 aliphatic rings. The van der Waals surface area contributed by atoms with E-state index in [4.69, 9.17) is 4.74 Å². The van der Waals surface area contributed by atoms with Crippen molar-refractivity contribution in [3.8, 4) is 0 Å². The molecule has 23 heavy (non-hydrogen) atoms. The molecule has 0 aromatic heterocycles. The van der Waals surface area contributed by atoms with Gasteiger partial charge in [0.2, 0.25) is 0 Å². The van der Waals surface area contributed by atoms with Crippen LogP contribution in [0.1, 0.15) is 74.1 Å². The van der Waals surface area contributed by atoms with Gasteiger partial charge in [0.05, 0.1) is 11.7 Å². The van der Waals surface area contributed by atoms with Gasteiger partial charge in [0, 0.05) is 24.7 Å². The molecule has 0 atom stereocenters. The highest BCUT2D eigenvalue weighted by molar-refractivity contribution is 4.92. The Kier molecular flexibility index (Phi) is 6.55. The van der Waals surface area contributed by atoms with Crippen LogP contribution in [-0.2, 0) is 4.74 Å². The summed E-state index contributed by atoms with van der Waals surface area (Å²) in [4.78, 5) is 5.39. The van der Waals surface area contributed by atoms with Gasteiger partial charge in [-0.3, -0.25) is 4.90 Å². The van der Waals surface area contributed by atoms with Crippen molar-refractivity contribution in [2.45, 2.75) is 104 Å². The van der Waals surface area contributed by atoms with Gasteiger partial charge in [0.25, 0.3) is 0 Å². The van der Waals surface area contributed by atoms with E-state index < -0.39 is 0 Å². The molecule has 0 amide bonds. The molecule has 3 heteroatoms. The van der Waals surface area contributed by atoms with E-state index in [1.54, 1.807) is 0 Å². The number of rotatable bonds is 6. The van der Waals surface area contributed by atoms with Gasteiger partial charge in [-0.2, -0.15) is 0 Å². The van der Waals surface area contributed by atoms with Gasteiger partial charge in [0.1, 0.15) is 0 Å². The minimum atomic E-state index is 0.00196. The maximum absolute atomic E-state index is 6.13. The van der Waals surface area contributed by atoms with E-state index in [9.17, 15) is 0 Å². The van der Waals surface area contributed by atoms with Crippen LogP contribution < -0.4 is 0 Å². The first-order valence-corrected chi connectivity index (χ1v) is 9.83. The second-order valence-corrected chi connectivity index (χ2v) is 9.34. The highest BCUT2D eigenvalue weighted by Gasteiger charge is 2.38. The molecule has 1 heterocycles. The number of hydrogen-bond donors (Lipinski definition) is 0. The van der Waals surface area contributed by atoms with Crippen LogP contribution in [0.5, 0.6) is 0 Å². The van der Waals surface area contributed by atoms with Crippen molar-refractivity contribution in [1.82, 2.24) is 9.80 Å². The first kappa shape index (κ1) is 19.2. The van der Waals surface area contributed by atoms with Crippen molar-refractivity contribution in [2.75, 3.05) is 19.6 Å². The van der Waals surface area contributed by atoms with E-state index in [1.165, 1.54) is 45.3 Å². The monoisotopic (exact) mass is 324 g/mol. The highest BCUT2D eigenvalue weighted by Crippen LogP contribution is 2.34. The van der Waals surface area contributed by atoms with Crippen molar-refractivity contribution in [3.63, 3.8) is 0 Å². The number of likely N-dealkylation sites (tertiary alicyclic amines) is 1. The van der Waals surface area contributed by atoms with Crippen LogP contribution in [0, 0.1) is 5.92 Å². The van der Waals surface area contributed by atoms with Crippen molar-refractivity contribution in [2.24, 2.45) is 5.92 Å². The lowest BCUT2D eigenvalue weighted by molar-refractivity contribution is -0.125. The van der Waals surface area contributed by atoms with Crippen LogP contribution in [0.25, 0.3) is 0 Å². The van der Waals surface area contributed by atoms with Crippen LogP contribution in [-0.4, -0.2) is 59.3 Å². The Labute approximate surface area is 144 Å². The molecule has 0 aromatic rings. The van der Waals surface area contributed by atoms with Crippen molar-refractivity contribution >= 4 is 0 Å². The minimum Gasteiger partial charge on any atom is -0.373 e. The van der Waals surface area contributed by atoms with E-state index >= 15 is 0 Å². The van der Waals surface area contributed by atoms with Gasteiger partial charge in [0.15, 0.2) is 0 Å². The van der Waals surface area contributed by atoms with Crippen LogP contribution in [0.4, 0.5) is 0 Å². The zero-order valence-corrected chi connectivity index (χ0v) is 16.6. The van der Waals surface area contributed by atoms with Gasteiger partial charge in [-0.25, -0.2) is 0 Å². The number of hydrogen-bond acceptors (Lipinski definition) is 3. The summed E-state index contributed by atoms with van der Waals surface area (Å²) in [5.74, 6) is 0.884. The van der Waals surface area contributed by atoms with Gasteiger partial charge >= 0.3 is 0 Å². The van der Waals surface area contributed by atoms with Crippen LogP contribution in [0.2, 0.25) is 0 Å². The van der Waals surface area contributed by atoms with E-state index in [1.807, 2.05) is 0 Å². The fourth-order valence-electron chi connectivity index (χ4n) is 4.14. The lowest BCUT2D eigenvalue weighted by Gasteiger charge is -2.48. The zero-order chi connectivity index (χ0) is 17.2. The summed E-state index contributed by atoms with van der Waals surface area (Å²) in [5, 5.41) is 0. The smallest absolute Gasteiger partial charge is 0.0612 e. The second kappa shape index (κ2) is 7.84. The third-order valence-electron chi connectivity index (χ3n) is 5.57. The van der Waals surface area contributed by atoms with Gasteiger partial charge in [-0.05, 0) is 93.2 Å². The number of ether oxygens (including phenoxy) is 1. The normalized spacial score (nSPS) is 27.9. The molecule has 1 saturated carbocycles. The fourth-order valence-corrected chi connectivity index (χ4v) is 4.14. The van der Waals surface area contributed by atoms with Crippen molar-refractivity contribution in [3.05, 3.63) is 0 Å². The molecule has 0 aromatic carbocycles. The highest BCUT2D eigenvalue weighted by atomic mass is 16.5. The molecule has 0 bridgehead atoms. The van der Waals surface area contributed by atoms with E-state index in [-0.39, 0.29) is 5.60 Å². The fraction of sp³-hybridized carbons (Fsp3) is 1.00. The maximum Gasteiger partial charge on any atom is 0.0612 e. The summed E-state index contributed by atoms with van der Waals surface area (Å²) in [5.41, 5.74) is 0.00196. The van der Waals surface area contributed by atoms with E-state index in [0.717, 1.165) is 12.0 Å². The minimum absolute atomic E-state index is 0.00196. The molecule has 2 rings (SSSR count). The first-order chi connectivity index (χ1) is 10.7. The number of piperidine rings is 1. The SMILES string of the molecule is CC(C)N1CCC(CN(C(C)C)C2CC(OC(C)(C)C)C2)CC1. The molecule has 3 nitrogen and oxygen atoms in total. The molecule has 0 radical (unpaired) electrons. The summed E-state index contributed by atoms with van der Waals surface area (Å²) in [6.07, 6.45) is 5.66. The molecular weight excluding hydrogens is 284 g/mol. The van der Waals surface area contributed by atoms with Crippen molar-refractivity contribution < 1.29 is 4.74 Å². The molecule has 0 N–H and O–H groups in total. The van der Waals surface area contributed by atoms with E-state index in [2.05, 4.69) is 58.3 Å². The third kappa shape index (κ3) is 5.72. The lowest BCUT2D eigenvalue weighted by Crippen LogP contribution is -2.54. The Morgan fingerprint density at radius 3 is 2.04 bits per heavy atom. The van der Waals surface area contributed by atoms with E-state index in [0.29, 0.717) is 18.2 Å². The topological polar surface area (TPSA) is 15.7 Å². The second-order valence-electron chi connectivity index (χ2n) is 9.34. The summed E-state index contributed by atoms with van der Waals surface area (Å²) in [6, 6.07) is 2.10. The summed E-state index contributed by atoms with van der Waals surface area (Å²) in [6.45, 7) is 19.7. The van der Waals surface area contributed by atoms with Gasteiger partial charge in [-0.15, -0.1) is 0 Å². The first-order valence-electron chi connectivity index (χ1n) is 9.83. The molecule has 1 saturated heterocycles.